The van der Waals surface area contributed by atoms with E-state index < -0.39 is 6.36 Å². The number of hydrogen-bond donors (Lipinski definition) is 0. The minimum atomic E-state index is -4.78. The second-order valence-electron chi connectivity index (χ2n) is 10.2. The molecule has 5 aromatic rings. The van der Waals surface area contributed by atoms with Crippen molar-refractivity contribution in [2.45, 2.75) is 19.8 Å². The first kappa shape index (κ1) is 27.7. The Hall–Kier alpha value is -4.48. The van der Waals surface area contributed by atoms with Crippen molar-refractivity contribution < 1.29 is 22.6 Å². The Bertz CT molecular complexity index is 1680. The number of benzene rings is 3. The van der Waals surface area contributed by atoms with Gasteiger partial charge < -0.3 is 14.0 Å². The van der Waals surface area contributed by atoms with Crippen molar-refractivity contribution in [2.75, 3.05) is 31.2 Å². The predicted octanol–water partition coefficient (Wildman–Crippen LogP) is 6.54. The Balaban J connectivity index is 1.47. The lowest BCUT2D eigenvalue weighted by molar-refractivity contribution is -0.274. The molecule has 0 unspecified atom stereocenters. The van der Waals surface area contributed by atoms with E-state index in [9.17, 15) is 13.2 Å². The molecular formula is C31H29F3N6O2. The van der Waals surface area contributed by atoms with Crippen molar-refractivity contribution in [3.05, 3.63) is 90.3 Å². The zero-order valence-electron chi connectivity index (χ0n) is 23.2. The first-order valence-electron chi connectivity index (χ1n) is 13.6. The van der Waals surface area contributed by atoms with Crippen LogP contribution >= 0.6 is 0 Å². The molecule has 3 heterocycles. The second-order valence-corrected chi connectivity index (χ2v) is 10.2. The van der Waals surface area contributed by atoms with E-state index in [1.54, 1.807) is 23.0 Å². The normalized spacial score (nSPS) is 14.3. The molecule has 6 rings (SSSR count). The molecule has 0 saturated carbocycles. The van der Waals surface area contributed by atoms with Crippen molar-refractivity contribution in [2.24, 2.45) is 7.05 Å². The number of aryl methyl sites for hydroxylation is 2. The number of aromatic nitrogens is 4. The molecule has 0 aliphatic carbocycles. The third kappa shape index (κ3) is 5.93. The molecular weight excluding hydrogens is 545 g/mol. The van der Waals surface area contributed by atoms with Gasteiger partial charge in [0.2, 0.25) is 5.95 Å². The number of morpholine rings is 1. The topological polar surface area (TPSA) is 68.5 Å². The Morgan fingerprint density at radius 2 is 1.69 bits per heavy atom. The van der Waals surface area contributed by atoms with Crippen molar-refractivity contribution in [1.82, 2.24) is 24.4 Å². The molecule has 2 aromatic heterocycles. The van der Waals surface area contributed by atoms with E-state index in [-0.39, 0.29) is 5.75 Å². The Labute approximate surface area is 241 Å². The zero-order chi connectivity index (χ0) is 29.3. The third-order valence-electron chi connectivity index (χ3n) is 7.15. The fourth-order valence-corrected chi connectivity index (χ4v) is 5.06. The van der Waals surface area contributed by atoms with Crippen LogP contribution in [0.5, 0.6) is 5.75 Å². The van der Waals surface area contributed by atoms with Crippen LogP contribution in [0, 0.1) is 6.92 Å². The molecule has 0 radical (unpaired) electrons. The molecule has 0 amide bonds. The molecule has 0 N–H and O–H groups in total. The van der Waals surface area contributed by atoms with Gasteiger partial charge >= 0.3 is 6.36 Å². The molecule has 0 atom stereocenters. The van der Waals surface area contributed by atoms with Gasteiger partial charge in [0.15, 0.2) is 5.65 Å². The van der Waals surface area contributed by atoms with Crippen LogP contribution in [0.1, 0.15) is 11.1 Å². The maximum absolute atomic E-state index is 12.8. The summed E-state index contributed by atoms with van der Waals surface area (Å²) in [5.74, 6) is 0.103. The fraction of sp³-hybridized carbons (Fsp3) is 0.258. The van der Waals surface area contributed by atoms with Gasteiger partial charge in [-0.1, -0.05) is 30.3 Å². The van der Waals surface area contributed by atoms with Gasteiger partial charge in [-0.3, -0.25) is 9.80 Å². The minimum absolute atomic E-state index is 0.309. The van der Waals surface area contributed by atoms with Crippen LogP contribution in [0.15, 0.2) is 79.1 Å². The molecule has 3 aromatic carbocycles. The van der Waals surface area contributed by atoms with Gasteiger partial charge in [-0.25, -0.2) is 9.97 Å². The molecule has 11 heteroatoms. The monoisotopic (exact) mass is 574 g/mol. The average Bonchev–Trinajstić information content (AvgIpc) is 3.35. The van der Waals surface area contributed by atoms with E-state index in [2.05, 4.69) is 32.8 Å². The van der Waals surface area contributed by atoms with Crippen molar-refractivity contribution in [3.63, 3.8) is 0 Å². The second kappa shape index (κ2) is 11.4. The van der Waals surface area contributed by atoms with Gasteiger partial charge in [-0.2, -0.15) is 4.98 Å². The molecule has 0 bridgehead atoms. The number of rotatable bonds is 7. The van der Waals surface area contributed by atoms with Crippen LogP contribution < -0.4 is 9.64 Å². The van der Waals surface area contributed by atoms with Crippen molar-refractivity contribution in [1.29, 1.82) is 0 Å². The van der Waals surface area contributed by atoms with Crippen LogP contribution in [0.2, 0.25) is 0 Å². The highest BCUT2D eigenvalue weighted by Gasteiger charge is 2.31. The fourth-order valence-electron chi connectivity index (χ4n) is 5.06. The lowest BCUT2D eigenvalue weighted by atomic mass is 10.1. The van der Waals surface area contributed by atoms with Gasteiger partial charge in [0, 0.05) is 37.9 Å². The van der Waals surface area contributed by atoms with Crippen molar-refractivity contribution >= 4 is 28.5 Å². The lowest BCUT2D eigenvalue weighted by Crippen LogP contribution is -2.35. The predicted molar refractivity (Wildman–Crippen MR) is 154 cm³/mol. The van der Waals surface area contributed by atoms with Gasteiger partial charge in [0.1, 0.15) is 17.0 Å². The summed E-state index contributed by atoms with van der Waals surface area (Å²) in [5.41, 5.74) is 6.19. The molecule has 0 spiro atoms. The lowest BCUT2D eigenvalue weighted by Gasteiger charge is -2.28. The molecule has 1 aliphatic heterocycles. The zero-order valence-corrected chi connectivity index (χ0v) is 23.2. The van der Waals surface area contributed by atoms with E-state index in [1.165, 1.54) is 12.1 Å². The largest absolute Gasteiger partial charge is 0.573 e. The average molecular weight is 575 g/mol. The number of fused-ring (bicyclic) bond motifs is 1. The summed E-state index contributed by atoms with van der Waals surface area (Å²) in [6.07, 6.45) is -3.13. The van der Waals surface area contributed by atoms with Gasteiger partial charge in [-0.05, 0) is 60.5 Å². The van der Waals surface area contributed by atoms with Crippen LogP contribution in [-0.2, 0) is 18.3 Å². The summed E-state index contributed by atoms with van der Waals surface area (Å²) in [5, 5.41) is 0. The van der Waals surface area contributed by atoms with Crippen LogP contribution in [-0.4, -0.2) is 57.1 Å². The highest BCUT2D eigenvalue weighted by Crippen LogP contribution is 2.38. The van der Waals surface area contributed by atoms with E-state index in [1.807, 2.05) is 49.2 Å². The van der Waals surface area contributed by atoms with Crippen LogP contribution in [0.3, 0.4) is 0 Å². The smallest absolute Gasteiger partial charge is 0.406 e. The number of ether oxygens (including phenoxy) is 2. The summed E-state index contributed by atoms with van der Waals surface area (Å²) in [4.78, 5) is 18.8. The Kier molecular flexibility index (Phi) is 7.53. The van der Waals surface area contributed by atoms with Gasteiger partial charge in [-0.15, -0.1) is 13.2 Å². The summed E-state index contributed by atoms with van der Waals surface area (Å²) in [6.45, 7) is 6.04. The van der Waals surface area contributed by atoms with E-state index in [0.29, 0.717) is 28.4 Å². The summed E-state index contributed by atoms with van der Waals surface area (Å²) < 4.78 is 49.7. The maximum Gasteiger partial charge on any atom is 0.573 e. The summed E-state index contributed by atoms with van der Waals surface area (Å²) >= 11 is 0. The number of halogens is 3. The standard InChI is InChI=1S/C31H29F3N6O2/c1-21-8-9-22(19-39-14-16-41-17-15-39)18-26(21)40(24-6-4-3-5-7-24)30-36-27(28-29(37-30)38(2)20-35-28)23-10-12-25(13-11-23)42-31(32,33)34/h3-13,18,20H,14-17,19H2,1-2H3. The number of para-hydroxylation sites is 1. The Morgan fingerprint density at radius 1 is 0.952 bits per heavy atom. The van der Waals surface area contributed by atoms with Gasteiger partial charge in [0.25, 0.3) is 0 Å². The van der Waals surface area contributed by atoms with Crippen molar-refractivity contribution in [3.8, 4) is 17.0 Å². The van der Waals surface area contributed by atoms with Crippen LogP contribution in [0.25, 0.3) is 22.4 Å². The number of nitrogens with zero attached hydrogens (tertiary/aromatic N) is 6. The highest BCUT2D eigenvalue weighted by molar-refractivity contribution is 5.90. The molecule has 8 nitrogen and oxygen atoms in total. The first-order valence-corrected chi connectivity index (χ1v) is 13.6. The van der Waals surface area contributed by atoms with Gasteiger partial charge in [0.05, 0.1) is 25.2 Å². The molecule has 1 saturated heterocycles. The number of imidazole rings is 1. The van der Waals surface area contributed by atoms with E-state index in [4.69, 9.17) is 14.7 Å². The summed E-state index contributed by atoms with van der Waals surface area (Å²) in [7, 11) is 1.84. The van der Waals surface area contributed by atoms with E-state index >= 15 is 0 Å². The molecule has 1 fully saturated rings. The third-order valence-corrected chi connectivity index (χ3v) is 7.15. The highest BCUT2D eigenvalue weighted by atomic mass is 19.4. The quantitative estimate of drug-likeness (QED) is 0.219. The SMILES string of the molecule is Cc1ccc(CN2CCOCC2)cc1N(c1ccccc1)c1nc(-c2ccc(OC(F)(F)F)cc2)c2ncn(C)c2n1. The minimum Gasteiger partial charge on any atom is -0.406 e. The summed E-state index contributed by atoms with van der Waals surface area (Å²) in [6, 6.07) is 21.9. The van der Waals surface area contributed by atoms with Crippen LogP contribution in [0.4, 0.5) is 30.5 Å². The number of alkyl halides is 3. The molecule has 216 valence electrons. The Morgan fingerprint density at radius 3 is 2.40 bits per heavy atom. The number of anilines is 3. The number of hydrogen-bond acceptors (Lipinski definition) is 7. The first-order chi connectivity index (χ1) is 20.2. The van der Waals surface area contributed by atoms with E-state index in [0.717, 1.165) is 55.3 Å². The molecule has 1 aliphatic rings. The maximum atomic E-state index is 12.8. The molecule has 42 heavy (non-hydrogen) atoms.